The van der Waals surface area contributed by atoms with E-state index in [1.54, 1.807) is 0 Å². The number of nitrogens with one attached hydrogen (secondary N) is 1. The number of hydrogen-bond acceptors (Lipinski definition) is 5. The van der Waals surface area contributed by atoms with E-state index in [-0.39, 0.29) is 11.8 Å². The van der Waals surface area contributed by atoms with Gasteiger partial charge in [-0.25, -0.2) is 5.10 Å². The number of anilines is 1. The van der Waals surface area contributed by atoms with E-state index in [9.17, 15) is 4.79 Å². The second kappa shape index (κ2) is 7.33. The molecule has 1 saturated heterocycles. The largest absolute Gasteiger partial charge is 0.480 e. The first-order valence-electron chi connectivity index (χ1n) is 8.26. The minimum Gasteiger partial charge on any atom is -0.480 e. The minimum absolute atomic E-state index is 0.0473. The molecule has 24 heavy (non-hydrogen) atoms. The van der Waals surface area contributed by atoms with Crippen molar-refractivity contribution in [3.63, 3.8) is 0 Å². The van der Waals surface area contributed by atoms with Crippen LogP contribution in [0.15, 0.2) is 36.7 Å². The normalized spacial score (nSPS) is 16.3. The SMILES string of the molecule is CC(C)[C@H](Oc1ccccc1)C(=O)N1CCN(c2ncn[nH]2)CC1. The Morgan fingerprint density at radius 3 is 2.46 bits per heavy atom. The summed E-state index contributed by atoms with van der Waals surface area (Å²) in [5.74, 6) is 1.63. The van der Waals surface area contributed by atoms with Crippen LogP contribution in [0.4, 0.5) is 5.95 Å². The van der Waals surface area contributed by atoms with Crippen LogP contribution in [-0.2, 0) is 4.79 Å². The maximum Gasteiger partial charge on any atom is 0.264 e. The van der Waals surface area contributed by atoms with Crippen molar-refractivity contribution in [2.75, 3.05) is 31.1 Å². The molecule has 1 aromatic carbocycles. The number of para-hydroxylation sites is 1. The molecule has 1 atom stereocenters. The van der Waals surface area contributed by atoms with Gasteiger partial charge in [0, 0.05) is 26.2 Å². The Kier molecular flexibility index (Phi) is 4.98. The van der Waals surface area contributed by atoms with Crippen LogP contribution in [0.1, 0.15) is 13.8 Å². The van der Waals surface area contributed by atoms with Crippen molar-refractivity contribution in [1.82, 2.24) is 20.1 Å². The third kappa shape index (κ3) is 3.67. The third-order valence-electron chi connectivity index (χ3n) is 4.15. The van der Waals surface area contributed by atoms with Crippen molar-refractivity contribution >= 4 is 11.9 Å². The quantitative estimate of drug-likeness (QED) is 0.901. The first-order valence-corrected chi connectivity index (χ1v) is 8.26. The highest BCUT2D eigenvalue weighted by Gasteiger charge is 2.31. The van der Waals surface area contributed by atoms with Gasteiger partial charge in [0.25, 0.3) is 5.91 Å². The van der Waals surface area contributed by atoms with E-state index >= 15 is 0 Å². The number of nitrogens with zero attached hydrogens (tertiary/aromatic N) is 4. The molecule has 1 N–H and O–H groups in total. The topological polar surface area (TPSA) is 74.3 Å². The van der Waals surface area contributed by atoms with Gasteiger partial charge in [-0.1, -0.05) is 32.0 Å². The van der Waals surface area contributed by atoms with Gasteiger partial charge in [0.1, 0.15) is 12.1 Å². The van der Waals surface area contributed by atoms with E-state index in [0.717, 1.165) is 24.8 Å². The van der Waals surface area contributed by atoms with Gasteiger partial charge in [-0.05, 0) is 18.1 Å². The molecule has 1 aliphatic rings. The number of carbonyl (C=O) groups is 1. The van der Waals surface area contributed by atoms with Crippen molar-refractivity contribution in [1.29, 1.82) is 0 Å². The molecular weight excluding hydrogens is 306 g/mol. The molecule has 128 valence electrons. The number of carbonyl (C=O) groups excluding carboxylic acids is 1. The first-order chi connectivity index (χ1) is 11.6. The van der Waals surface area contributed by atoms with Gasteiger partial charge in [0.05, 0.1) is 0 Å². The lowest BCUT2D eigenvalue weighted by Crippen LogP contribution is -2.53. The van der Waals surface area contributed by atoms with E-state index in [2.05, 4.69) is 20.1 Å². The van der Waals surface area contributed by atoms with E-state index in [1.165, 1.54) is 6.33 Å². The standard InChI is InChI=1S/C17H23N5O2/c1-13(2)15(24-14-6-4-3-5-7-14)16(23)21-8-10-22(11-9-21)17-18-12-19-20-17/h3-7,12-13,15H,8-11H2,1-2H3,(H,18,19,20)/t15-/m0/s1. The van der Waals surface area contributed by atoms with Crippen LogP contribution >= 0.6 is 0 Å². The maximum atomic E-state index is 12.9. The number of H-pyrrole nitrogens is 1. The lowest BCUT2D eigenvalue weighted by atomic mass is 10.1. The molecule has 0 spiro atoms. The number of ether oxygens (including phenoxy) is 1. The number of piperazine rings is 1. The van der Waals surface area contributed by atoms with Crippen LogP contribution in [0.25, 0.3) is 0 Å². The predicted molar refractivity (Wildman–Crippen MR) is 90.9 cm³/mol. The Morgan fingerprint density at radius 2 is 1.88 bits per heavy atom. The van der Waals surface area contributed by atoms with E-state index in [0.29, 0.717) is 13.1 Å². The summed E-state index contributed by atoms with van der Waals surface area (Å²) >= 11 is 0. The molecular formula is C17H23N5O2. The number of rotatable bonds is 5. The van der Waals surface area contributed by atoms with E-state index in [4.69, 9.17) is 4.74 Å². The van der Waals surface area contributed by atoms with Crippen molar-refractivity contribution in [2.45, 2.75) is 20.0 Å². The molecule has 2 aromatic rings. The molecule has 0 radical (unpaired) electrons. The highest BCUT2D eigenvalue weighted by Crippen LogP contribution is 2.18. The fourth-order valence-corrected chi connectivity index (χ4v) is 2.79. The summed E-state index contributed by atoms with van der Waals surface area (Å²) in [6, 6.07) is 9.51. The first kappa shape index (κ1) is 16.3. The molecule has 1 aromatic heterocycles. The molecule has 0 unspecified atom stereocenters. The summed E-state index contributed by atoms with van der Waals surface area (Å²) in [5, 5.41) is 6.73. The Bertz CT molecular complexity index is 636. The smallest absolute Gasteiger partial charge is 0.264 e. The summed E-state index contributed by atoms with van der Waals surface area (Å²) in [6.07, 6.45) is 1.03. The Balaban J connectivity index is 1.61. The summed E-state index contributed by atoms with van der Waals surface area (Å²) in [6.45, 7) is 6.79. The predicted octanol–water partition coefficient (Wildman–Crippen LogP) is 1.56. The monoisotopic (exact) mass is 329 g/mol. The van der Waals surface area contributed by atoms with Gasteiger partial charge in [-0.2, -0.15) is 10.1 Å². The molecule has 1 fully saturated rings. The van der Waals surface area contributed by atoms with Crippen LogP contribution in [0.2, 0.25) is 0 Å². The van der Waals surface area contributed by atoms with E-state index < -0.39 is 6.10 Å². The molecule has 0 aliphatic carbocycles. The van der Waals surface area contributed by atoms with Gasteiger partial charge in [0.2, 0.25) is 5.95 Å². The molecule has 2 heterocycles. The van der Waals surface area contributed by atoms with Crippen LogP contribution in [0, 0.1) is 5.92 Å². The van der Waals surface area contributed by atoms with Crippen molar-refractivity contribution < 1.29 is 9.53 Å². The minimum atomic E-state index is -0.468. The average Bonchev–Trinajstić information content (AvgIpc) is 3.14. The van der Waals surface area contributed by atoms with Gasteiger partial charge in [-0.3, -0.25) is 4.79 Å². The summed E-state index contributed by atoms with van der Waals surface area (Å²) in [7, 11) is 0. The average molecular weight is 329 g/mol. The van der Waals surface area contributed by atoms with Crippen molar-refractivity contribution in [3.05, 3.63) is 36.7 Å². The van der Waals surface area contributed by atoms with Crippen molar-refractivity contribution in [2.24, 2.45) is 5.92 Å². The van der Waals surface area contributed by atoms with Crippen molar-refractivity contribution in [3.8, 4) is 5.75 Å². The van der Waals surface area contributed by atoms with Crippen LogP contribution in [0.3, 0.4) is 0 Å². The number of aromatic amines is 1. The fraction of sp³-hybridized carbons (Fsp3) is 0.471. The number of benzene rings is 1. The highest BCUT2D eigenvalue weighted by molar-refractivity contribution is 5.81. The Labute approximate surface area is 141 Å². The van der Waals surface area contributed by atoms with Gasteiger partial charge in [-0.15, -0.1) is 0 Å². The number of amides is 1. The fourth-order valence-electron chi connectivity index (χ4n) is 2.79. The molecule has 7 nitrogen and oxygen atoms in total. The Morgan fingerprint density at radius 1 is 1.17 bits per heavy atom. The molecule has 1 aliphatic heterocycles. The zero-order valence-corrected chi connectivity index (χ0v) is 14.1. The lowest BCUT2D eigenvalue weighted by molar-refractivity contribution is -0.141. The second-order valence-corrected chi connectivity index (χ2v) is 6.22. The van der Waals surface area contributed by atoms with Gasteiger partial charge >= 0.3 is 0 Å². The summed E-state index contributed by atoms with van der Waals surface area (Å²) in [5.41, 5.74) is 0. The summed E-state index contributed by atoms with van der Waals surface area (Å²) < 4.78 is 5.96. The maximum absolute atomic E-state index is 12.9. The zero-order chi connectivity index (χ0) is 16.9. The zero-order valence-electron chi connectivity index (χ0n) is 14.1. The number of hydrogen-bond donors (Lipinski definition) is 1. The number of aromatic nitrogens is 3. The van der Waals surface area contributed by atoms with Crippen LogP contribution in [-0.4, -0.2) is 58.3 Å². The molecule has 0 saturated carbocycles. The molecule has 1 amide bonds. The van der Waals surface area contributed by atoms with Crippen LogP contribution < -0.4 is 9.64 Å². The molecule has 3 rings (SSSR count). The van der Waals surface area contributed by atoms with Gasteiger partial charge < -0.3 is 14.5 Å². The Hall–Kier alpha value is -2.57. The van der Waals surface area contributed by atoms with E-state index in [1.807, 2.05) is 49.1 Å². The third-order valence-corrected chi connectivity index (χ3v) is 4.15. The lowest BCUT2D eigenvalue weighted by Gasteiger charge is -2.36. The highest BCUT2D eigenvalue weighted by atomic mass is 16.5. The van der Waals surface area contributed by atoms with Crippen LogP contribution in [0.5, 0.6) is 5.75 Å². The summed E-state index contributed by atoms with van der Waals surface area (Å²) in [4.78, 5) is 21.0. The van der Waals surface area contributed by atoms with Gasteiger partial charge in [0.15, 0.2) is 6.10 Å². The molecule has 7 heteroatoms. The molecule has 0 bridgehead atoms. The second-order valence-electron chi connectivity index (χ2n) is 6.22.